The summed E-state index contributed by atoms with van der Waals surface area (Å²) in [4.78, 5) is 23.2. The van der Waals surface area contributed by atoms with E-state index in [9.17, 15) is 35.1 Å². The first-order valence-electron chi connectivity index (χ1n) is 7.44. The Hall–Kier alpha value is -1.82. The molecular weight excluding hydrogens is 340 g/mol. The highest BCUT2D eigenvalue weighted by Crippen LogP contribution is 2.16. The van der Waals surface area contributed by atoms with Crippen LogP contribution in [0.5, 0.6) is 0 Å². The molecule has 0 aliphatic carbocycles. The summed E-state index contributed by atoms with van der Waals surface area (Å²) in [7, 11) is 0. The van der Waals surface area contributed by atoms with Crippen LogP contribution in [0.15, 0.2) is 23.3 Å². The number of aliphatic carboxylic acids is 1. The van der Waals surface area contributed by atoms with E-state index >= 15 is 0 Å². The number of allylic oxidation sites excluding steroid dienone is 2. The molecule has 0 aromatic carbocycles. The zero-order valence-corrected chi connectivity index (χ0v) is 13.8. The number of carbonyl (C=O) groups is 2. The van der Waals surface area contributed by atoms with Crippen molar-refractivity contribution in [3.63, 3.8) is 0 Å². The summed E-state index contributed by atoms with van der Waals surface area (Å²) in [5, 5.41) is 65.4. The van der Waals surface area contributed by atoms with Crippen LogP contribution in [0, 0.1) is 0 Å². The summed E-state index contributed by atoms with van der Waals surface area (Å²) in [6.45, 7) is 2.08. The largest absolute Gasteiger partial charge is 0.478 e. The third kappa shape index (κ3) is 6.53. The first-order valence-corrected chi connectivity index (χ1v) is 7.44. The van der Waals surface area contributed by atoms with Crippen molar-refractivity contribution in [2.75, 3.05) is 6.61 Å². The molecule has 0 saturated heterocycles. The van der Waals surface area contributed by atoms with Gasteiger partial charge in [-0.05, 0) is 13.3 Å². The van der Waals surface area contributed by atoms with E-state index in [4.69, 9.17) is 10.2 Å². The number of rotatable bonds is 10. The molecule has 0 rings (SSSR count). The number of carboxylic acids is 1. The van der Waals surface area contributed by atoms with E-state index in [0.717, 1.165) is 6.08 Å². The van der Waals surface area contributed by atoms with Gasteiger partial charge in [-0.15, -0.1) is 0 Å². The summed E-state index contributed by atoms with van der Waals surface area (Å²) in [6.07, 6.45) is -7.86. The summed E-state index contributed by atoms with van der Waals surface area (Å²) < 4.78 is 4.52. The highest BCUT2D eigenvalue weighted by atomic mass is 16.6. The number of ether oxygens (including phenoxy) is 1. The van der Waals surface area contributed by atoms with E-state index in [2.05, 4.69) is 4.74 Å². The van der Waals surface area contributed by atoms with Gasteiger partial charge in [0.25, 0.3) is 0 Å². The van der Waals surface area contributed by atoms with Crippen molar-refractivity contribution in [3.8, 4) is 0 Å². The fraction of sp³-hybridized carbons (Fsp3) is 0.600. The first kappa shape index (κ1) is 23.2. The second-order valence-electron chi connectivity index (χ2n) is 5.05. The molecule has 1 unspecified atom stereocenters. The maximum atomic E-state index is 12.0. The molecule has 0 amide bonds. The van der Waals surface area contributed by atoms with Gasteiger partial charge in [0.1, 0.15) is 24.4 Å². The number of hydrogen-bond acceptors (Lipinski definition) is 9. The number of hydrogen-bond donors (Lipinski definition) is 7. The number of aliphatic hydroxyl groups is 6. The van der Waals surface area contributed by atoms with E-state index in [1.165, 1.54) is 13.0 Å². The van der Waals surface area contributed by atoms with Crippen LogP contribution in [0.3, 0.4) is 0 Å². The number of carbonyl (C=O) groups excluding carboxylic acids is 1. The molecule has 10 heteroatoms. The minimum absolute atomic E-state index is 0.276. The van der Waals surface area contributed by atoms with Crippen molar-refractivity contribution in [3.05, 3.63) is 23.3 Å². The molecule has 0 fully saturated rings. The predicted octanol–water partition coefficient (Wildman–Crippen LogP) is -2.35. The van der Waals surface area contributed by atoms with Crippen LogP contribution in [-0.2, 0) is 14.3 Å². The van der Waals surface area contributed by atoms with Gasteiger partial charge in [-0.1, -0.05) is 19.1 Å². The highest BCUT2D eigenvalue weighted by molar-refractivity contribution is 6.06. The molecule has 0 aromatic heterocycles. The third-order valence-corrected chi connectivity index (χ3v) is 3.24. The lowest BCUT2D eigenvalue weighted by Crippen LogP contribution is -2.51. The summed E-state index contributed by atoms with van der Waals surface area (Å²) in [6, 6.07) is 0. The number of esters is 1. The summed E-state index contributed by atoms with van der Waals surface area (Å²) in [5.41, 5.74) is -0.751. The zero-order chi connectivity index (χ0) is 19.7. The number of carboxylic acid groups (broad SMARTS) is 1. The fourth-order valence-corrected chi connectivity index (χ4v) is 1.85. The smallest absolute Gasteiger partial charge is 0.341 e. The summed E-state index contributed by atoms with van der Waals surface area (Å²) in [5.74, 6) is -2.68. The van der Waals surface area contributed by atoms with Crippen molar-refractivity contribution >= 4 is 11.9 Å². The van der Waals surface area contributed by atoms with Gasteiger partial charge in [-0.3, -0.25) is 0 Å². The van der Waals surface area contributed by atoms with E-state index < -0.39 is 49.3 Å². The lowest BCUT2D eigenvalue weighted by atomic mass is 10.0. The van der Waals surface area contributed by atoms with Crippen LogP contribution < -0.4 is 0 Å². The van der Waals surface area contributed by atoms with Gasteiger partial charge in [0, 0.05) is 0 Å². The van der Waals surface area contributed by atoms with Gasteiger partial charge in [-0.25, -0.2) is 9.59 Å². The standard InChI is InChI=1S/C15H24O10/c1-3-5-8(7(4-2)13(21)22)14(23)25-15(24)12(20)11(19)10(18)9(17)6-16/h4-5,9-12,15-20,24H,3,6H2,1-2H3,(H,21,22)/t9-,10-,11+,12-,15?/m1/s1. The molecule has 144 valence electrons. The van der Waals surface area contributed by atoms with Gasteiger partial charge in [-0.2, -0.15) is 0 Å². The molecule has 0 heterocycles. The van der Waals surface area contributed by atoms with Crippen LogP contribution in [-0.4, -0.2) is 85.0 Å². The molecule has 5 atom stereocenters. The van der Waals surface area contributed by atoms with Gasteiger partial charge in [0.05, 0.1) is 17.8 Å². The Kier molecular flexibility index (Phi) is 10.1. The lowest BCUT2D eigenvalue weighted by Gasteiger charge is -2.28. The normalized spacial score (nSPS) is 18.9. The van der Waals surface area contributed by atoms with Crippen molar-refractivity contribution < 1.29 is 50.1 Å². The molecule has 7 N–H and O–H groups in total. The molecule has 25 heavy (non-hydrogen) atoms. The van der Waals surface area contributed by atoms with Crippen LogP contribution in [0.4, 0.5) is 0 Å². The average Bonchev–Trinajstić information content (AvgIpc) is 2.58. The Morgan fingerprint density at radius 2 is 1.56 bits per heavy atom. The SMILES string of the molecule is CC=C(C(=O)O)C(=CCC)C(=O)OC(O)[C@H](O)[C@@H](O)[C@H](O)[C@H](O)CO. The van der Waals surface area contributed by atoms with Crippen LogP contribution in [0.25, 0.3) is 0 Å². The van der Waals surface area contributed by atoms with Crippen molar-refractivity contribution in [1.29, 1.82) is 0 Å². The Morgan fingerprint density at radius 3 is 1.96 bits per heavy atom. The molecule has 0 bridgehead atoms. The van der Waals surface area contributed by atoms with Crippen molar-refractivity contribution in [2.24, 2.45) is 0 Å². The second kappa shape index (κ2) is 10.9. The van der Waals surface area contributed by atoms with Gasteiger partial charge in [0.15, 0.2) is 0 Å². The molecule has 0 radical (unpaired) electrons. The van der Waals surface area contributed by atoms with E-state index in [1.54, 1.807) is 6.92 Å². The van der Waals surface area contributed by atoms with Crippen molar-refractivity contribution in [2.45, 2.75) is 51.0 Å². The summed E-state index contributed by atoms with van der Waals surface area (Å²) >= 11 is 0. The predicted molar refractivity (Wildman–Crippen MR) is 83.0 cm³/mol. The zero-order valence-electron chi connectivity index (χ0n) is 13.8. The molecule has 0 aromatic rings. The second-order valence-corrected chi connectivity index (χ2v) is 5.05. The maximum Gasteiger partial charge on any atom is 0.341 e. The molecule has 0 aliphatic rings. The van der Waals surface area contributed by atoms with E-state index in [0.29, 0.717) is 0 Å². The maximum absolute atomic E-state index is 12.0. The third-order valence-electron chi connectivity index (χ3n) is 3.24. The molecule has 0 spiro atoms. The molecule has 10 nitrogen and oxygen atoms in total. The highest BCUT2D eigenvalue weighted by Gasteiger charge is 2.36. The van der Waals surface area contributed by atoms with Crippen LogP contribution in [0.2, 0.25) is 0 Å². The fourth-order valence-electron chi connectivity index (χ4n) is 1.85. The molecular formula is C15H24O10. The minimum Gasteiger partial charge on any atom is -0.478 e. The Bertz CT molecular complexity index is 512. The quantitative estimate of drug-likeness (QED) is 0.0958. The topological polar surface area (TPSA) is 185 Å². The van der Waals surface area contributed by atoms with E-state index in [1.807, 2.05) is 0 Å². The van der Waals surface area contributed by atoms with Crippen LogP contribution in [0.1, 0.15) is 20.3 Å². The Morgan fingerprint density at radius 1 is 1.00 bits per heavy atom. The first-order chi connectivity index (χ1) is 11.6. The monoisotopic (exact) mass is 364 g/mol. The Labute approximate surface area is 143 Å². The van der Waals surface area contributed by atoms with Gasteiger partial charge < -0.3 is 40.5 Å². The van der Waals surface area contributed by atoms with Gasteiger partial charge >= 0.3 is 11.9 Å². The number of aliphatic hydroxyl groups excluding tert-OH is 6. The van der Waals surface area contributed by atoms with Crippen molar-refractivity contribution in [1.82, 2.24) is 0 Å². The molecule has 0 aliphatic heterocycles. The Balaban J connectivity index is 5.19. The minimum atomic E-state index is -2.32. The van der Waals surface area contributed by atoms with E-state index in [-0.39, 0.29) is 17.6 Å². The lowest BCUT2D eigenvalue weighted by molar-refractivity contribution is -0.211. The average molecular weight is 364 g/mol. The molecule has 0 saturated carbocycles. The van der Waals surface area contributed by atoms with Crippen LogP contribution >= 0.6 is 0 Å². The van der Waals surface area contributed by atoms with Gasteiger partial charge in [0.2, 0.25) is 6.29 Å².